The van der Waals surface area contributed by atoms with Crippen LogP contribution in [0.2, 0.25) is 0 Å². The zero-order chi connectivity index (χ0) is 15.7. The molecule has 126 valence electrons. The van der Waals surface area contributed by atoms with E-state index in [1.54, 1.807) is 11.9 Å². The van der Waals surface area contributed by atoms with Crippen molar-refractivity contribution in [1.29, 1.82) is 0 Å². The molecular weight excluding hydrogens is 314 g/mol. The summed E-state index contributed by atoms with van der Waals surface area (Å²) >= 11 is 0. The van der Waals surface area contributed by atoms with Gasteiger partial charge in [-0.3, -0.25) is 9.59 Å². The van der Waals surface area contributed by atoms with E-state index < -0.39 is 0 Å². The molecule has 2 aliphatic rings. The van der Waals surface area contributed by atoms with Crippen LogP contribution in [-0.4, -0.2) is 47.8 Å². The number of benzene rings is 1. The molecule has 0 aliphatic carbocycles. The minimum atomic E-state index is -0.174. The van der Waals surface area contributed by atoms with Gasteiger partial charge in [0.1, 0.15) is 0 Å². The van der Waals surface area contributed by atoms with Crippen molar-refractivity contribution in [2.45, 2.75) is 31.3 Å². The molecule has 2 fully saturated rings. The molecule has 1 aromatic carbocycles. The lowest BCUT2D eigenvalue weighted by atomic mass is 9.83. The molecule has 2 heterocycles. The first-order valence-electron chi connectivity index (χ1n) is 7.93. The lowest BCUT2D eigenvalue weighted by Gasteiger charge is -2.40. The van der Waals surface area contributed by atoms with Crippen LogP contribution in [0.15, 0.2) is 30.3 Å². The normalized spacial score (nSPS) is 27.7. The third-order valence-electron chi connectivity index (χ3n) is 4.86. The predicted octanol–water partition coefficient (Wildman–Crippen LogP) is 1.58. The number of rotatable bonds is 2. The fourth-order valence-corrected chi connectivity index (χ4v) is 3.62. The first kappa shape index (κ1) is 17.8. The van der Waals surface area contributed by atoms with Gasteiger partial charge >= 0.3 is 0 Å². The molecule has 0 aromatic heterocycles. The van der Waals surface area contributed by atoms with Crippen LogP contribution in [0.4, 0.5) is 0 Å². The third-order valence-corrected chi connectivity index (χ3v) is 4.86. The summed E-state index contributed by atoms with van der Waals surface area (Å²) in [5.74, 6) is 0.0765. The fourth-order valence-electron chi connectivity index (χ4n) is 3.62. The highest BCUT2D eigenvalue weighted by Gasteiger charge is 2.41. The molecule has 5 nitrogen and oxygen atoms in total. The Morgan fingerprint density at radius 1 is 1.22 bits per heavy atom. The van der Waals surface area contributed by atoms with Gasteiger partial charge in [0.2, 0.25) is 11.8 Å². The molecule has 2 unspecified atom stereocenters. The number of halogens is 1. The summed E-state index contributed by atoms with van der Waals surface area (Å²) in [5, 5.41) is 0. The van der Waals surface area contributed by atoms with Crippen LogP contribution in [0, 0.1) is 5.92 Å². The number of carbonyl (C=O) groups is 2. The van der Waals surface area contributed by atoms with Gasteiger partial charge in [0.05, 0.1) is 12.0 Å². The van der Waals surface area contributed by atoms with Gasteiger partial charge in [-0.15, -0.1) is 12.4 Å². The van der Waals surface area contributed by atoms with Crippen molar-refractivity contribution >= 4 is 24.2 Å². The Bertz CT molecular complexity index is 566. The highest BCUT2D eigenvalue weighted by Crippen LogP contribution is 2.37. The fraction of sp³-hybridized carbons (Fsp3) is 0.529. The van der Waals surface area contributed by atoms with Crippen LogP contribution >= 0.6 is 12.4 Å². The van der Waals surface area contributed by atoms with E-state index in [2.05, 4.69) is 0 Å². The largest absolute Gasteiger partial charge is 0.341 e. The van der Waals surface area contributed by atoms with Crippen LogP contribution in [0.3, 0.4) is 0 Å². The number of hydrogen-bond acceptors (Lipinski definition) is 3. The monoisotopic (exact) mass is 337 g/mol. The van der Waals surface area contributed by atoms with Gasteiger partial charge in [0, 0.05) is 32.6 Å². The quantitative estimate of drug-likeness (QED) is 0.891. The van der Waals surface area contributed by atoms with E-state index in [0.29, 0.717) is 19.4 Å². The van der Waals surface area contributed by atoms with Gasteiger partial charge in [0.25, 0.3) is 0 Å². The van der Waals surface area contributed by atoms with Gasteiger partial charge in [-0.1, -0.05) is 30.3 Å². The predicted molar refractivity (Wildman–Crippen MR) is 91.1 cm³/mol. The van der Waals surface area contributed by atoms with E-state index in [1.165, 1.54) is 0 Å². The first-order chi connectivity index (χ1) is 10.6. The Labute approximate surface area is 143 Å². The number of piperidine rings is 1. The first-order valence-corrected chi connectivity index (χ1v) is 7.93. The molecule has 0 bridgehead atoms. The van der Waals surface area contributed by atoms with Crippen LogP contribution in [-0.2, 0) is 9.59 Å². The molecule has 2 saturated heterocycles. The van der Waals surface area contributed by atoms with Gasteiger partial charge < -0.3 is 15.5 Å². The zero-order valence-electron chi connectivity index (χ0n) is 13.4. The summed E-state index contributed by atoms with van der Waals surface area (Å²) in [7, 11) is 1.80. The van der Waals surface area contributed by atoms with Crippen LogP contribution in [0.1, 0.15) is 30.9 Å². The summed E-state index contributed by atoms with van der Waals surface area (Å²) in [6.45, 7) is 1.37. The molecule has 3 atom stereocenters. The Kier molecular flexibility index (Phi) is 5.65. The smallest absolute Gasteiger partial charge is 0.228 e. The molecule has 0 spiro atoms. The summed E-state index contributed by atoms with van der Waals surface area (Å²) in [4.78, 5) is 28.6. The molecule has 2 aliphatic heterocycles. The second-order valence-corrected chi connectivity index (χ2v) is 6.34. The number of nitrogens with zero attached hydrogens (tertiary/aromatic N) is 2. The molecule has 0 saturated carbocycles. The molecule has 1 aromatic rings. The minimum absolute atomic E-state index is 0. The molecule has 2 amide bonds. The van der Waals surface area contributed by atoms with Crippen molar-refractivity contribution < 1.29 is 9.59 Å². The molecule has 3 rings (SSSR count). The highest BCUT2D eigenvalue weighted by atomic mass is 35.5. The average molecular weight is 338 g/mol. The Hall–Kier alpha value is -1.59. The van der Waals surface area contributed by atoms with Gasteiger partial charge in [-0.2, -0.15) is 0 Å². The van der Waals surface area contributed by atoms with E-state index in [-0.39, 0.29) is 42.2 Å². The van der Waals surface area contributed by atoms with E-state index >= 15 is 0 Å². The maximum absolute atomic E-state index is 12.9. The Balaban J connectivity index is 0.00000192. The minimum Gasteiger partial charge on any atom is -0.341 e. The zero-order valence-corrected chi connectivity index (χ0v) is 14.2. The summed E-state index contributed by atoms with van der Waals surface area (Å²) in [6, 6.07) is 9.76. The van der Waals surface area contributed by atoms with Gasteiger partial charge in [-0.25, -0.2) is 0 Å². The molecule has 2 N–H and O–H groups in total. The van der Waals surface area contributed by atoms with Crippen LogP contribution in [0.25, 0.3) is 0 Å². The number of hydrogen-bond donors (Lipinski definition) is 1. The lowest BCUT2D eigenvalue weighted by molar-refractivity contribution is -0.146. The molecular formula is C17H24ClN3O2. The Morgan fingerprint density at radius 2 is 1.91 bits per heavy atom. The number of nitrogens with two attached hydrogens (primary N) is 1. The standard InChI is InChI=1S/C17H23N3O2.ClH/c1-19-15(21)8-7-14(16(19)12-5-3-2-4-6-12)17(22)20-10-9-13(18)11-20;/h2-6,13-14,16H,7-11,18H2,1H3;1H/t13-,14?,16?;/m1./s1. The summed E-state index contributed by atoms with van der Waals surface area (Å²) in [5.41, 5.74) is 6.96. The second kappa shape index (κ2) is 7.32. The van der Waals surface area contributed by atoms with Crippen molar-refractivity contribution in [3.63, 3.8) is 0 Å². The van der Waals surface area contributed by atoms with Gasteiger partial charge in [-0.05, 0) is 18.4 Å². The second-order valence-electron chi connectivity index (χ2n) is 6.34. The van der Waals surface area contributed by atoms with Gasteiger partial charge in [0.15, 0.2) is 0 Å². The van der Waals surface area contributed by atoms with Crippen molar-refractivity contribution in [2.24, 2.45) is 11.7 Å². The topological polar surface area (TPSA) is 66.6 Å². The number of likely N-dealkylation sites (tertiary alicyclic amines) is 2. The maximum Gasteiger partial charge on any atom is 0.228 e. The van der Waals surface area contributed by atoms with Crippen LogP contribution in [0.5, 0.6) is 0 Å². The van der Waals surface area contributed by atoms with Crippen LogP contribution < -0.4 is 5.73 Å². The Morgan fingerprint density at radius 3 is 2.52 bits per heavy atom. The summed E-state index contributed by atoms with van der Waals surface area (Å²) in [6.07, 6.45) is 1.92. The van der Waals surface area contributed by atoms with Crippen molar-refractivity contribution in [1.82, 2.24) is 9.80 Å². The van der Waals surface area contributed by atoms with E-state index in [1.807, 2.05) is 35.2 Å². The van der Waals surface area contributed by atoms with Crippen molar-refractivity contribution in [3.05, 3.63) is 35.9 Å². The molecule has 23 heavy (non-hydrogen) atoms. The van der Waals surface area contributed by atoms with E-state index in [4.69, 9.17) is 5.73 Å². The number of carbonyl (C=O) groups excluding carboxylic acids is 2. The highest BCUT2D eigenvalue weighted by molar-refractivity contribution is 5.85. The third kappa shape index (κ3) is 3.51. The van der Waals surface area contributed by atoms with Crippen molar-refractivity contribution in [3.8, 4) is 0 Å². The van der Waals surface area contributed by atoms with E-state index in [0.717, 1.165) is 18.5 Å². The van der Waals surface area contributed by atoms with Crippen molar-refractivity contribution in [2.75, 3.05) is 20.1 Å². The lowest BCUT2D eigenvalue weighted by Crippen LogP contribution is -2.47. The summed E-state index contributed by atoms with van der Waals surface area (Å²) < 4.78 is 0. The number of amides is 2. The van der Waals surface area contributed by atoms with E-state index in [9.17, 15) is 9.59 Å². The maximum atomic E-state index is 12.9. The SMILES string of the molecule is CN1C(=O)CCC(C(=O)N2CC[C@@H](N)C2)C1c1ccccc1.Cl. The molecule has 6 heteroatoms. The molecule has 0 radical (unpaired) electrons. The average Bonchev–Trinajstić information content (AvgIpc) is 2.96.